The molecule has 0 spiro atoms. The van der Waals surface area contributed by atoms with E-state index in [0.29, 0.717) is 5.82 Å². The van der Waals surface area contributed by atoms with Gasteiger partial charge in [-0.1, -0.05) is 5.22 Å². The lowest BCUT2D eigenvalue weighted by atomic mass is 10.1. The van der Waals surface area contributed by atoms with Gasteiger partial charge in [0.2, 0.25) is 0 Å². The molecule has 0 fully saturated rings. The molecule has 0 radical (unpaired) electrons. The Morgan fingerprint density at radius 3 is 2.71 bits per heavy atom. The van der Waals surface area contributed by atoms with Gasteiger partial charge in [-0.15, -0.1) is 20.4 Å². The van der Waals surface area contributed by atoms with Crippen molar-refractivity contribution in [1.82, 2.24) is 24.8 Å². The minimum absolute atomic E-state index is 0.0642. The van der Waals surface area contributed by atoms with Crippen molar-refractivity contribution in [2.75, 3.05) is 0 Å². The molecular weight excluding hydrogens is 336 g/mol. The summed E-state index contributed by atoms with van der Waals surface area (Å²) in [4.78, 5) is 0. The van der Waals surface area contributed by atoms with E-state index >= 15 is 0 Å². The fourth-order valence-corrected chi connectivity index (χ4v) is 2.33. The third kappa shape index (κ3) is 2.59. The molecule has 0 aliphatic heterocycles. The van der Waals surface area contributed by atoms with Crippen LogP contribution in [0, 0.1) is 0 Å². The predicted octanol–water partition coefficient (Wildman–Crippen LogP) is 2.39. The summed E-state index contributed by atoms with van der Waals surface area (Å²) in [6.07, 6.45) is 1.92. The highest BCUT2D eigenvalue weighted by atomic mass is 79.9. The fraction of sp³-hybridized carbons (Fsp3) is 0.167. The molecule has 106 valence electrons. The van der Waals surface area contributed by atoms with Crippen LogP contribution in [0.5, 0.6) is 0 Å². The summed E-state index contributed by atoms with van der Waals surface area (Å²) in [6, 6.07) is 7.34. The molecule has 1 unspecified atom stereocenters. The van der Waals surface area contributed by atoms with Gasteiger partial charge in [0.1, 0.15) is 5.82 Å². The minimum Gasteiger partial charge on any atom is -0.305 e. The molecule has 3 aromatic heterocycles. The van der Waals surface area contributed by atoms with E-state index in [2.05, 4.69) is 46.7 Å². The second-order valence-corrected chi connectivity index (χ2v) is 5.30. The Labute approximate surface area is 128 Å². The number of hydrogen-bond acceptors (Lipinski definition) is 6. The Kier molecular flexibility index (Phi) is 3.57. The van der Waals surface area contributed by atoms with Crippen LogP contribution in [0.1, 0.15) is 24.4 Å². The van der Waals surface area contributed by atoms with E-state index in [1.807, 2.05) is 35.7 Å². The van der Waals surface area contributed by atoms with Gasteiger partial charge in [0.15, 0.2) is 11.5 Å². The first-order valence-corrected chi connectivity index (χ1v) is 6.93. The van der Waals surface area contributed by atoms with Crippen LogP contribution in [-0.2, 0) is 0 Å². The smallest absolute Gasteiger partial charge is 0.198 e. The molecule has 21 heavy (non-hydrogen) atoms. The van der Waals surface area contributed by atoms with E-state index in [4.69, 9.17) is 5.84 Å². The van der Waals surface area contributed by atoms with Gasteiger partial charge in [0.05, 0.1) is 11.6 Å². The van der Waals surface area contributed by atoms with Crippen LogP contribution in [0.4, 0.5) is 5.82 Å². The van der Waals surface area contributed by atoms with Crippen LogP contribution < -0.4 is 5.84 Å². The second-order valence-electron chi connectivity index (χ2n) is 4.39. The molecule has 3 aromatic rings. The standard InChI is InChI=1S/C12H11BrN8/c1-7(9-3-4-10(16-15-9)17-20-14)12-19-18-11-5-2-8(13)6-21(11)12/h2-7H,1H3,(H2,14,16,17). The molecular formula is C12H11BrN8. The number of rotatable bonds is 3. The Hall–Kier alpha value is -2.42. The van der Waals surface area contributed by atoms with Crippen molar-refractivity contribution in [2.24, 2.45) is 16.2 Å². The molecule has 0 aliphatic carbocycles. The van der Waals surface area contributed by atoms with Gasteiger partial charge in [-0.25, -0.2) is 0 Å². The number of pyridine rings is 1. The lowest BCUT2D eigenvalue weighted by Gasteiger charge is -2.08. The van der Waals surface area contributed by atoms with Crippen LogP contribution >= 0.6 is 15.9 Å². The summed E-state index contributed by atoms with van der Waals surface area (Å²) in [5, 5.41) is 23.2. The van der Waals surface area contributed by atoms with E-state index in [1.54, 1.807) is 6.07 Å². The summed E-state index contributed by atoms with van der Waals surface area (Å²) in [7, 11) is 0. The van der Waals surface area contributed by atoms with E-state index in [0.717, 1.165) is 21.6 Å². The maximum Gasteiger partial charge on any atom is 0.198 e. The van der Waals surface area contributed by atoms with Gasteiger partial charge in [0.25, 0.3) is 0 Å². The molecule has 0 aromatic carbocycles. The molecule has 1 atom stereocenters. The summed E-state index contributed by atoms with van der Waals surface area (Å²) in [5.41, 5.74) is 1.54. The largest absolute Gasteiger partial charge is 0.305 e. The Balaban J connectivity index is 1.99. The number of aromatic nitrogens is 5. The summed E-state index contributed by atoms with van der Waals surface area (Å²) in [6.45, 7) is 1.99. The fourth-order valence-electron chi connectivity index (χ4n) is 1.99. The average molecular weight is 347 g/mol. The molecule has 9 heteroatoms. The quantitative estimate of drug-likeness (QED) is 0.445. The zero-order chi connectivity index (χ0) is 14.8. The van der Waals surface area contributed by atoms with Crippen LogP contribution in [0.15, 0.2) is 45.3 Å². The highest BCUT2D eigenvalue weighted by molar-refractivity contribution is 9.10. The van der Waals surface area contributed by atoms with Crippen molar-refractivity contribution in [3.63, 3.8) is 0 Å². The highest BCUT2D eigenvalue weighted by Gasteiger charge is 2.17. The van der Waals surface area contributed by atoms with Crippen molar-refractivity contribution in [3.05, 3.63) is 46.5 Å². The number of nitrogens with zero attached hydrogens (tertiary/aromatic N) is 7. The first-order valence-electron chi connectivity index (χ1n) is 6.14. The molecule has 2 N–H and O–H groups in total. The molecule has 0 saturated heterocycles. The Morgan fingerprint density at radius 2 is 2.00 bits per heavy atom. The lowest BCUT2D eigenvalue weighted by molar-refractivity contribution is 0.748. The first kappa shape index (κ1) is 13.6. The number of halogens is 1. The van der Waals surface area contributed by atoms with Gasteiger partial charge in [-0.3, -0.25) is 4.40 Å². The van der Waals surface area contributed by atoms with Crippen LogP contribution in [0.3, 0.4) is 0 Å². The number of nitrogens with two attached hydrogens (primary N) is 1. The van der Waals surface area contributed by atoms with Gasteiger partial charge >= 0.3 is 0 Å². The van der Waals surface area contributed by atoms with E-state index in [9.17, 15) is 0 Å². The van der Waals surface area contributed by atoms with Gasteiger partial charge in [0, 0.05) is 10.7 Å². The van der Waals surface area contributed by atoms with Crippen molar-refractivity contribution < 1.29 is 0 Å². The van der Waals surface area contributed by atoms with Crippen LogP contribution in [-0.4, -0.2) is 24.8 Å². The normalized spacial score (nSPS) is 13.0. The maximum absolute atomic E-state index is 4.98. The van der Waals surface area contributed by atoms with Crippen LogP contribution in [0.25, 0.3) is 5.65 Å². The molecule has 0 aliphatic rings. The zero-order valence-corrected chi connectivity index (χ0v) is 12.6. The van der Waals surface area contributed by atoms with Crippen molar-refractivity contribution in [1.29, 1.82) is 0 Å². The van der Waals surface area contributed by atoms with E-state index in [-0.39, 0.29) is 5.92 Å². The van der Waals surface area contributed by atoms with Gasteiger partial charge < -0.3 is 5.84 Å². The van der Waals surface area contributed by atoms with Crippen LogP contribution in [0.2, 0.25) is 0 Å². The average Bonchev–Trinajstić information content (AvgIpc) is 2.90. The number of hydrogen-bond donors (Lipinski definition) is 1. The maximum atomic E-state index is 4.98. The molecule has 3 heterocycles. The lowest BCUT2D eigenvalue weighted by Crippen LogP contribution is -2.05. The molecule has 0 saturated carbocycles. The summed E-state index contributed by atoms with van der Waals surface area (Å²) < 4.78 is 2.87. The second kappa shape index (κ2) is 5.52. The monoisotopic (exact) mass is 346 g/mol. The molecule has 0 bridgehead atoms. The highest BCUT2D eigenvalue weighted by Crippen LogP contribution is 2.23. The first-order chi connectivity index (χ1) is 10.2. The van der Waals surface area contributed by atoms with E-state index < -0.39 is 0 Å². The SMILES string of the molecule is CC(c1ccc(N=NN)nn1)c1nnc2ccc(Br)cn12. The van der Waals surface area contributed by atoms with Crippen molar-refractivity contribution in [2.45, 2.75) is 12.8 Å². The van der Waals surface area contributed by atoms with E-state index in [1.165, 1.54) is 0 Å². The van der Waals surface area contributed by atoms with Crippen molar-refractivity contribution in [3.8, 4) is 0 Å². The molecule has 0 amide bonds. The van der Waals surface area contributed by atoms with Crippen molar-refractivity contribution >= 4 is 27.4 Å². The van der Waals surface area contributed by atoms with Gasteiger partial charge in [-0.05, 0) is 47.1 Å². The Morgan fingerprint density at radius 1 is 1.14 bits per heavy atom. The third-order valence-electron chi connectivity index (χ3n) is 3.05. The van der Waals surface area contributed by atoms with Gasteiger partial charge in [-0.2, -0.15) is 5.10 Å². The Bertz CT molecular complexity index is 795. The third-order valence-corrected chi connectivity index (χ3v) is 3.52. The summed E-state index contributed by atoms with van der Waals surface area (Å²) in [5.74, 6) is 6.06. The predicted molar refractivity (Wildman–Crippen MR) is 78.9 cm³/mol. The molecule has 3 rings (SSSR count). The summed E-state index contributed by atoms with van der Waals surface area (Å²) >= 11 is 3.44. The molecule has 8 nitrogen and oxygen atoms in total. The topological polar surface area (TPSA) is 107 Å². The zero-order valence-electron chi connectivity index (χ0n) is 11.0. The number of fused-ring (bicyclic) bond motifs is 1. The minimum atomic E-state index is -0.0642.